The number of carbonyl (C=O) groups excluding carboxylic acids is 1. The zero-order valence-corrected chi connectivity index (χ0v) is 15.2. The van der Waals surface area contributed by atoms with Gasteiger partial charge in [0.25, 0.3) is 5.91 Å². The smallest absolute Gasteiger partial charge is 0.257 e. The number of aromatic nitrogens is 4. The summed E-state index contributed by atoms with van der Waals surface area (Å²) >= 11 is 0. The molecule has 1 aliphatic heterocycles. The molecule has 25 heavy (non-hydrogen) atoms. The molecule has 2 aromatic rings. The van der Waals surface area contributed by atoms with Gasteiger partial charge in [-0.25, -0.2) is 4.98 Å². The fourth-order valence-corrected chi connectivity index (χ4v) is 3.47. The number of nitrogens with zero attached hydrogens (tertiary/aromatic N) is 5. The summed E-state index contributed by atoms with van der Waals surface area (Å²) < 4.78 is 1.82. The molecule has 7 nitrogen and oxygen atoms in total. The molecule has 1 fully saturated rings. The lowest BCUT2D eigenvalue weighted by atomic mass is 9.92. The number of rotatable bonds is 5. The molecule has 0 saturated carbocycles. The molecule has 1 unspecified atom stereocenters. The fraction of sp³-hybridized carbons (Fsp3) is 0.556. The van der Waals surface area contributed by atoms with Crippen LogP contribution in [0.15, 0.2) is 18.6 Å². The lowest BCUT2D eigenvalue weighted by Crippen LogP contribution is -2.40. The normalized spacial score (nSPS) is 17.6. The van der Waals surface area contributed by atoms with E-state index < -0.39 is 0 Å². The van der Waals surface area contributed by atoms with Crippen molar-refractivity contribution in [1.29, 1.82) is 0 Å². The van der Waals surface area contributed by atoms with Gasteiger partial charge in [0.05, 0.1) is 17.0 Å². The minimum atomic E-state index is 0.0925. The average Bonchev–Trinajstić information content (AvgIpc) is 3.02. The first kappa shape index (κ1) is 17.4. The third-order valence-corrected chi connectivity index (χ3v) is 4.80. The van der Waals surface area contributed by atoms with Crippen LogP contribution < -0.4 is 5.32 Å². The molecule has 1 aliphatic rings. The van der Waals surface area contributed by atoms with Gasteiger partial charge in [-0.3, -0.25) is 14.5 Å². The fourth-order valence-electron chi connectivity index (χ4n) is 3.47. The van der Waals surface area contributed by atoms with E-state index in [1.807, 2.05) is 36.7 Å². The maximum Gasteiger partial charge on any atom is 0.257 e. The van der Waals surface area contributed by atoms with Gasteiger partial charge >= 0.3 is 0 Å². The van der Waals surface area contributed by atoms with Crippen molar-refractivity contribution in [2.75, 3.05) is 25.5 Å². The SMILES string of the molecule is CCn1cc(C(=O)N2CCCC(Cc3nccnc3NC)C2)c(C)n1. The third kappa shape index (κ3) is 3.81. The number of aryl methyl sites for hydroxylation is 2. The van der Waals surface area contributed by atoms with E-state index in [4.69, 9.17) is 0 Å². The Morgan fingerprint density at radius 3 is 2.88 bits per heavy atom. The zero-order chi connectivity index (χ0) is 17.8. The van der Waals surface area contributed by atoms with Gasteiger partial charge in [0.1, 0.15) is 5.82 Å². The van der Waals surface area contributed by atoms with Crippen LogP contribution in [0.4, 0.5) is 5.82 Å². The van der Waals surface area contributed by atoms with E-state index in [9.17, 15) is 4.79 Å². The van der Waals surface area contributed by atoms with Gasteiger partial charge in [-0.05, 0) is 39.0 Å². The van der Waals surface area contributed by atoms with Gasteiger partial charge in [-0.2, -0.15) is 5.10 Å². The highest BCUT2D eigenvalue weighted by Gasteiger charge is 2.27. The van der Waals surface area contributed by atoms with Crippen molar-refractivity contribution in [2.45, 2.75) is 39.7 Å². The van der Waals surface area contributed by atoms with E-state index in [2.05, 4.69) is 20.4 Å². The number of amides is 1. The van der Waals surface area contributed by atoms with Crippen LogP contribution in [-0.4, -0.2) is 50.7 Å². The highest BCUT2D eigenvalue weighted by molar-refractivity contribution is 5.95. The topological polar surface area (TPSA) is 75.9 Å². The number of anilines is 1. The summed E-state index contributed by atoms with van der Waals surface area (Å²) in [5, 5.41) is 7.49. The molecule has 0 radical (unpaired) electrons. The van der Waals surface area contributed by atoms with Crippen LogP contribution in [0.5, 0.6) is 0 Å². The van der Waals surface area contributed by atoms with Crippen molar-refractivity contribution in [3.8, 4) is 0 Å². The maximum atomic E-state index is 12.9. The second kappa shape index (κ2) is 7.63. The highest BCUT2D eigenvalue weighted by Crippen LogP contribution is 2.24. The lowest BCUT2D eigenvalue weighted by Gasteiger charge is -2.32. The molecule has 7 heteroatoms. The van der Waals surface area contributed by atoms with E-state index in [0.29, 0.717) is 5.92 Å². The van der Waals surface area contributed by atoms with Gasteiger partial charge in [0, 0.05) is 45.3 Å². The Bertz CT molecular complexity index is 741. The Balaban J connectivity index is 1.70. The summed E-state index contributed by atoms with van der Waals surface area (Å²) in [7, 11) is 1.86. The summed E-state index contributed by atoms with van der Waals surface area (Å²) in [5.41, 5.74) is 2.50. The molecule has 0 spiro atoms. The van der Waals surface area contributed by atoms with Crippen molar-refractivity contribution < 1.29 is 4.79 Å². The highest BCUT2D eigenvalue weighted by atomic mass is 16.2. The summed E-state index contributed by atoms with van der Waals surface area (Å²) in [5.74, 6) is 1.32. The maximum absolute atomic E-state index is 12.9. The first-order valence-corrected chi connectivity index (χ1v) is 8.93. The van der Waals surface area contributed by atoms with Gasteiger partial charge in [0.15, 0.2) is 0 Å². The third-order valence-electron chi connectivity index (χ3n) is 4.80. The number of nitrogens with one attached hydrogen (secondary N) is 1. The Morgan fingerprint density at radius 2 is 2.16 bits per heavy atom. The van der Waals surface area contributed by atoms with Crippen molar-refractivity contribution in [3.05, 3.63) is 35.5 Å². The number of piperidine rings is 1. The van der Waals surface area contributed by atoms with Gasteiger partial charge in [-0.1, -0.05) is 0 Å². The van der Waals surface area contributed by atoms with Crippen LogP contribution in [0, 0.1) is 12.8 Å². The molecule has 0 aromatic carbocycles. The molecule has 134 valence electrons. The van der Waals surface area contributed by atoms with E-state index in [1.165, 1.54) is 0 Å². The minimum Gasteiger partial charge on any atom is -0.372 e. The molecule has 1 saturated heterocycles. The molecule has 2 aromatic heterocycles. The summed E-state index contributed by atoms with van der Waals surface area (Å²) in [4.78, 5) is 23.7. The summed E-state index contributed by atoms with van der Waals surface area (Å²) in [6, 6.07) is 0. The van der Waals surface area contributed by atoms with Crippen LogP contribution in [0.3, 0.4) is 0 Å². The van der Waals surface area contributed by atoms with Gasteiger partial charge < -0.3 is 10.2 Å². The van der Waals surface area contributed by atoms with E-state index in [1.54, 1.807) is 12.4 Å². The molecule has 1 atom stereocenters. The lowest BCUT2D eigenvalue weighted by molar-refractivity contribution is 0.0672. The molecule has 0 bridgehead atoms. The molecule has 1 amide bonds. The molecule has 0 aliphatic carbocycles. The summed E-state index contributed by atoms with van der Waals surface area (Å²) in [6.07, 6.45) is 8.25. The minimum absolute atomic E-state index is 0.0925. The number of carbonyl (C=O) groups is 1. The number of hydrogen-bond acceptors (Lipinski definition) is 5. The molecule has 3 rings (SSSR count). The van der Waals surface area contributed by atoms with Crippen LogP contribution in [-0.2, 0) is 13.0 Å². The van der Waals surface area contributed by atoms with E-state index in [0.717, 1.165) is 61.7 Å². The van der Waals surface area contributed by atoms with Crippen molar-refractivity contribution in [1.82, 2.24) is 24.6 Å². The Labute approximate surface area is 148 Å². The molecule has 1 N–H and O–H groups in total. The molecular weight excluding hydrogens is 316 g/mol. The second-order valence-electron chi connectivity index (χ2n) is 6.55. The Hall–Kier alpha value is -2.44. The zero-order valence-electron chi connectivity index (χ0n) is 15.2. The van der Waals surface area contributed by atoms with Crippen LogP contribution in [0.1, 0.15) is 41.5 Å². The predicted octanol–water partition coefficient (Wildman–Crippen LogP) is 2.14. The van der Waals surface area contributed by atoms with Gasteiger partial charge in [0.2, 0.25) is 0 Å². The van der Waals surface area contributed by atoms with Crippen LogP contribution in [0.25, 0.3) is 0 Å². The van der Waals surface area contributed by atoms with Gasteiger partial charge in [-0.15, -0.1) is 0 Å². The van der Waals surface area contributed by atoms with E-state index >= 15 is 0 Å². The molecule has 3 heterocycles. The Morgan fingerprint density at radius 1 is 1.36 bits per heavy atom. The Kier molecular flexibility index (Phi) is 5.31. The number of hydrogen-bond donors (Lipinski definition) is 1. The first-order valence-electron chi connectivity index (χ1n) is 8.93. The number of likely N-dealkylation sites (tertiary alicyclic amines) is 1. The van der Waals surface area contributed by atoms with Crippen molar-refractivity contribution in [2.24, 2.45) is 5.92 Å². The summed E-state index contributed by atoms with van der Waals surface area (Å²) in [6.45, 7) is 6.27. The van der Waals surface area contributed by atoms with Crippen LogP contribution in [0.2, 0.25) is 0 Å². The quantitative estimate of drug-likeness (QED) is 0.901. The van der Waals surface area contributed by atoms with Crippen molar-refractivity contribution in [3.63, 3.8) is 0 Å². The standard InChI is InChI=1S/C18H26N6O/c1-4-24-12-15(13(2)22-24)18(25)23-9-5-6-14(11-23)10-16-17(19-3)21-8-7-20-16/h7-8,12,14H,4-6,9-11H2,1-3H3,(H,19,21). The predicted molar refractivity (Wildman–Crippen MR) is 96.5 cm³/mol. The first-order chi connectivity index (χ1) is 12.1. The monoisotopic (exact) mass is 342 g/mol. The largest absolute Gasteiger partial charge is 0.372 e. The molecular formula is C18H26N6O. The van der Waals surface area contributed by atoms with E-state index in [-0.39, 0.29) is 5.91 Å². The average molecular weight is 342 g/mol. The van der Waals surface area contributed by atoms with Crippen molar-refractivity contribution >= 4 is 11.7 Å². The second-order valence-corrected chi connectivity index (χ2v) is 6.55. The van der Waals surface area contributed by atoms with Crippen LogP contribution >= 0.6 is 0 Å².